The molecular formula is C15H20N2O. The largest absolute Gasteiger partial charge is 0.338 e. The van der Waals surface area contributed by atoms with E-state index in [1.807, 2.05) is 6.07 Å². The number of hydrogen-bond donors (Lipinski definition) is 2. The SMILES string of the molecule is C[C@@H]1C[C@@H]1NC(=O)NC[C@@H]1C[C@@H]1c1ccccc1. The van der Waals surface area contributed by atoms with Gasteiger partial charge in [0.05, 0.1) is 0 Å². The van der Waals surface area contributed by atoms with Gasteiger partial charge in [0.15, 0.2) is 0 Å². The summed E-state index contributed by atoms with van der Waals surface area (Å²) in [5, 5.41) is 5.98. The molecule has 96 valence electrons. The molecule has 0 heterocycles. The van der Waals surface area contributed by atoms with E-state index < -0.39 is 0 Å². The maximum Gasteiger partial charge on any atom is 0.315 e. The lowest BCUT2D eigenvalue weighted by Crippen LogP contribution is -2.38. The Morgan fingerprint density at radius 2 is 2.00 bits per heavy atom. The van der Waals surface area contributed by atoms with Crippen molar-refractivity contribution in [3.8, 4) is 0 Å². The van der Waals surface area contributed by atoms with Crippen molar-refractivity contribution in [1.29, 1.82) is 0 Å². The van der Waals surface area contributed by atoms with Crippen molar-refractivity contribution in [3.05, 3.63) is 35.9 Å². The van der Waals surface area contributed by atoms with Crippen LogP contribution in [-0.4, -0.2) is 18.6 Å². The molecule has 0 aromatic heterocycles. The van der Waals surface area contributed by atoms with Crippen LogP contribution in [0.25, 0.3) is 0 Å². The smallest absolute Gasteiger partial charge is 0.315 e. The van der Waals surface area contributed by atoms with Gasteiger partial charge in [-0.3, -0.25) is 0 Å². The van der Waals surface area contributed by atoms with Crippen LogP contribution in [0, 0.1) is 11.8 Å². The van der Waals surface area contributed by atoms with Gasteiger partial charge in [0.25, 0.3) is 0 Å². The van der Waals surface area contributed by atoms with Crippen LogP contribution >= 0.6 is 0 Å². The summed E-state index contributed by atoms with van der Waals surface area (Å²) in [4.78, 5) is 11.6. The first kappa shape index (κ1) is 11.6. The number of amides is 2. The van der Waals surface area contributed by atoms with E-state index in [1.54, 1.807) is 0 Å². The molecule has 1 aromatic rings. The standard InChI is InChI=1S/C15H20N2O/c1-10-7-14(10)17-15(18)16-9-12-8-13(12)11-5-3-2-4-6-11/h2-6,10,12-14H,7-9H2,1H3,(H2,16,17,18)/t10-,12+,13-,14+/m1/s1. The van der Waals surface area contributed by atoms with Crippen molar-refractivity contribution < 1.29 is 4.79 Å². The maximum absolute atomic E-state index is 11.6. The molecule has 0 saturated heterocycles. The predicted octanol–water partition coefficient (Wildman–Crippen LogP) is 2.50. The molecular weight excluding hydrogens is 224 g/mol. The molecule has 2 saturated carbocycles. The molecule has 1 aromatic carbocycles. The Hall–Kier alpha value is -1.51. The predicted molar refractivity (Wildman–Crippen MR) is 71.4 cm³/mol. The zero-order valence-electron chi connectivity index (χ0n) is 10.7. The third kappa shape index (κ3) is 2.66. The molecule has 4 atom stereocenters. The van der Waals surface area contributed by atoms with Crippen molar-refractivity contribution in [2.75, 3.05) is 6.54 Å². The van der Waals surface area contributed by atoms with E-state index in [0.717, 1.165) is 13.0 Å². The van der Waals surface area contributed by atoms with Gasteiger partial charge < -0.3 is 10.6 Å². The minimum absolute atomic E-state index is 0.00283. The van der Waals surface area contributed by atoms with Crippen molar-refractivity contribution in [3.63, 3.8) is 0 Å². The number of rotatable bonds is 4. The highest BCUT2D eigenvalue weighted by Crippen LogP contribution is 2.46. The number of carbonyl (C=O) groups excluding carboxylic acids is 1. The summed E-state index contributed by atoms with van der Waals surface area (Å²) in [6, 6.07) is 11.0. The highest BCUT2D eigenvalue weighted by molar-refractivity contribution is 5.74. The van der Waals surface area contributed by atoms with Gasteiger partial charge in [-0.2, -0.15) is 0 Å². The molecule has 0 aliphatic heterocycles. The van der Waals surface area contributed by atoms with Crippen molar-refractivity contribution >= 4 is 6.03 Å². The van der Waals surface area contributed by atoms with Crippen LogP contribution in [0.5, 0.6) is 0 Å². The molecule has 2 amide bonds. The van der Waals surface area contributed by atoms with Crippen LogP contribution in [0.4, 0.5) is 4.79 Å². The lowest BCUT2D eigenvalue weighted by Gasteiger charge is -2.06. The third-order valence-electron chi connectivity index (χ3n) is 4.10. The molecule has 18 heavy (non-hydrogen) atoms. The first-order valence-electron chi connectivity index (χ1n) is 6.83. The minimum atomic E-state index is 0.00283. The molecule has 0 bridgehead atoms. The van der Waals surface area contributed by atoms with Gasteiger partial charge in [0.1, 0.15) is 0 Å². The Morgan fingerprint density at radius 3 is 2.67 bits per heavy atom. The molecule has 2 aliphatic carbocycles. The van der Waals surface area contributed by atoms with E-state index in [2.05, 4.69) is 41.8 Å². The topological polar surface area (TPSA) is 41.1 Å². The first-order chi connectivity index (χ1) is 8.74. The van der Waals surface area contributed by atoms with E-state index >= 15 is 0 Å². The number of nitrogens with one attached hydrogen (secondary N) is 2. The fourth-order valence-corrected chi connectivity index (χ4v) is 2.55. The van der Waals surface area contributed by atoms with E-state index in [1.165, 1.54) is 12.0 Å². The van der Waals surface area contributed by atoms with Gasteiger partial charge in [-0.1, -0.05) is 37.3 Å². The van der Waals surface area contributed by atoms with Crippen LogP contribution in [0.1, 0.15) is 31.2 Å². The van der Waals surface area contributed by atoms with Crippen molar-refractivity contribution in [2.45, 2.75) is 31.7 Å². The molecule has 2 N–H and O–H groups in total. The Labute approximate surface area is 108 Å². The number of hydrogen-bond acceptors (Lipinski definition) is 1. The monoisotopic (exact) mass is 244 g/mol. The van der Waals surface area contributed by atoms with E-state index in [0.29, 0.717) is 23.8 Å². The van der Waals surface area contributed by atoms with Gasteiger partial charge in [-0.25, -0.2) is 4.79 Å². The van der Waals surface area contributed by atoms with Crippen molar-refractivity contribution in [1.82, 2.24) is 10.6 Å². The van der Waals surface area contributed by atoms with Gasteiger partial charge in [-0.15, -0.1) is 0 Å². The summed E-state index contributed by atoms with van der Waals surface area (Å²) >= 11 is 0. The van der Waals surface area contributed by atoms with Gasteiger partial charge in [-0.05, 0) is 36.2 Å². The molecule has 3 nitrogen and oxygen atoms in total. The third-order valence-corrected chi connectivity index (χ3v) is 4.10. The van der Waals surface area contributed by atoms with Crippen LogP contribution in [-0.2, 0) is 0 Å². The number of urea groups is 1. The summed E-state index contributed by atoms with van der Waals surface area (Å²) in [7, 11) is 0. The first-order valence-corrected chi connectivity index (χ1v) is 6.83. The zero-order chi connectivity index (χ0) is 12.5. The van der Waals surface area contributed by atoms with Gasteiger partial charge in [0, 0.05) is 12.6 Å². The summed E-state index contributed by atoms with van der Waals surface area (Å²) in [5.74, 6) is 1.93. The Morgan fingerprint density at radius 1 is 1.28 bits per heavy atom. The summed E-state index contributed by atoms with van der Waals surface area (Å²) < 4.78 is 0. The fraction of sp³-hybridized carbons (Fsp3) is 0.533. The minimum Gasteiger partial charge on any atom is -0.338 e. The summed E-state index contributed by atoms with van der Waals surface area (Å²) in [5.41, 5.74) is 1.40. The Bertz CT molecular complexity index is 431. The van der Waals surface area contributed by atoms with E-state index in [9.17, 15) is 4.79 Å². The Kier molecular flexibility index (Phi) is 2.98. The Balaban J connectivity index is 1.39. The fourth-order valence-electron chi connectivity index (χ4n) is 2.55. The van der Waals surface area contributed by atoms with Crippen molar-refractivity contribution in [2.24, 2.45) is 11.8 Å². The summed E-state index contributed by atoms with van der Waals surface area (Å²) in [6.45, 7) is 2.96. The van der Waals surface area contributed by atoms with Crippen LogP contribution in [0.15, 0.2) is 30.3 Å². The van der Waals surface area contributed by atoms with E-state index in [-0.39, 0.29) is 6.03 Å². The molecule has 2 fully saturated rings. The average Bonchev–Trinajstić information content (AvgIpc) is 3.27. The summed E-state index contributed by atoms with van der Waals surface area (Å²) in [6.07, 6.45) is 2.33. The maximum atomic E-state index is 11.6. The molecule has 3 heteroatoms. The second-order valence-corrected chi connectivity index (χ2v) is 5.69. The lowest BCUT2D eigenvalue weighted by atomic mass is 10.1. The van der Waals surface area contributed by atoms with Gasteiger partial charge in [0.2, 0.25) is 0 Å². The molecule has 2 aliphatic rings. The number of benzene rings is 1. The lowest BCUT2D eigenvalue weighted by molar-refractivity contribution is 0.239. The zero-order valence-corrected chi connectivity index (χ0v) is 10.7. The van der Waals surface area contributed by atoms with Crippen LogP contribution in [0.3, 0.4) is 0 Å². The molecule has 0 spiro atoms. The second-order valence-electron chi connectivity index (χ2n) is 5.69. The quantitative estimate of drug-likeness (QED) is 0.839. The van der Waals surface area contributed by atoms with Gasteiger partial charge >= 0.3 is 6.03 Å². The van der Waals surface area contributed by atoms with Crippen LogP contribution < -0.4 is 10.6 Å². The molecule has 0 radical (unpaired) electrons. The number of carbonyl (C=O) groups is 1. The highest BCUT2D eigenvalue weighted by atomic mass is 16.2. The molecule has 0 unspecified atom stereocenters. The highest BCUT2D eigenvalue weighted by Gasteiger charge is 2.38. The van der Waals surface area contributed by atoms with E-state index in [4.69, 9.17) is 0 Å². The van der Waals surface area contributed by atoms with Crippen LogP contribution in [0.2, 0.25) is 0 Å². The average molecular weight is 244 g/mol. The normalized spacial score (nSPS) is 32.7. The molecule has 3 rings (SSSR count). The second kappa shape index (κ2) is 4.63.